The van der Waals surface area contributed by atoms with Gasteiger partial charge in [0, 0.05) is 18.1 Å². The molecule has 0 saturated heterocycles. The summed E-state index contributed by atoms with van der Waals surface area (Å²) in [6.45, 7) is 1.85. The number of carbonyl (C=O) groups excluding carboxylic acids is 1. The van der Waals surface area contributed by atoms with Gasteiger partial charge in [-0.3, -0.25) is 14.9 Å². The fourth-order valence-corrected chi connectivity index (χ4v) is 1.21. The molecule has 1 aromatic rings. The predicted molar refractivity (Wildman–Crippen MR) is 54.0 cm³/mol. The van der Waals surface area contributed by atoms with Gasteiger partial charge in [-0.1, -0.05) is 6.92 Å². The van der Waals surface area contributed by atoms with E-state index in [1.165, 1.54) is 12.1 Å². The van der Waals surface area contributed by atoms with Crippen molar-refractivity contribution in [2.75, 3.05) is 0 Å². The molecule has 15 heavy (non-hydrogen) atoms. The summed E-state index contributed by atoms with van der Waals surface area (Å²) < 4.78 is 0. The highest BCUT2D eigenvalue weighted by Crippen LogP contribution is 2.26. The van der Waals surface area contributed by atoms with Crippen molar-refractivity contribution in [3.63, 3.8) is 0 Å². The summed E-state index contributed by atoms with van der Waals surface area (Å²) in [7, 11) is 0. The summed E-state index contributed by atoms with van der Waals surface area (Å²) in [6, 6.07) is 3.66. The van der Waals surface area contributed by atoms with Crippen LogP contribution < -0.4 is 0 Å². The van der Waals surface area contributed by atoms with Crippen LogP contribution in [-0.4, -0.2) is 15.8 Å². The molecule has 1 aromatic carbocycles. The van der Waals surface area contributed by atoms with Crippen LogP contribution in [0.2, 0.25) is 0 Å². The van der Waals surface area contributed by atoms with E-state index < -0.39 is 16.4 Å². The molecule has 0 heterocycles. The Bertz CT molecular complexity index is 400. The molecule has 0 atom stereocenters. The molecule has 0 aliphatic heterocycles. The average molecular weight is 209 g/mol. The molecule has 5 nitrogen and oxygen atoms in total. The smallest absolute Gasteiger partial charge is 0.311 e. The Hall–Kier alpha value is -1.91. The number of hydrogen-bond acceptors (Lipinski definition) is 4. The Morgan fingerprint density at radius 3 is 2.73 bits per heavy atom. The van der Waals surface area contributed by atoms with Crippen LogP contribution in [0.4, 0.5) is 5.69 Å². The Kier molecular flexibility index (Phi) is 3.38. The second kappa shape index (κ2) is 4.54. The van der Waals surface area contributed by atoms with Crippen LogP contribution >= 0.6 is 0 Å². The number of rotatable bonds is 4. The van der Waals surface area contributed by atoms with Crippen LogP contribution in [0.15, 0.2) is 18.2 Å². The third kappa shape index (κ3) is 2.52. The number of nitro benzene ring substituents is 1. The number of ketones is 1. The molecule has 1 N–H and O–H groups in total. The van der Waals surface area contributed by atoms with Crippen molar-refractivity contribution in [2.24, 2.45) is 0 Å². The minimum atomic E-state index is -0.710. The van der Waals surface area contributed by atoms with Crippen molar-refractivity contribution < 1.29 is 14.8 Å². The molecule has 0 saturated carbocycles. The highest BCUT2D eigenvalue weighted by Gasteiger charge is 2.16. The van der Waals surface area contributed by atoms with Crippen LogP contribution in [0.1, 0.15) is 30.1 Å². The zero-order chi connectivity index (χ0) is 11.4. The topological polar surface area (TPSA) is 80.4 Å². The third-order valence-electron chi connectivity index (χ3n) is 1.97. The van der Waals surface area contributed by atoms with Gasteiger partial charge in [0.2, 0.25) is 0 Å². The maximum Gasteiger partial charge on any atom is 0.311 e. The Morgan fingerprint density at radius 2 is 2.20 bits per heavy atom. The summed E-state index contributed by atoms with van der Waals surface area (Å²) in [6.07, 6.45) is 1.04. The second-order valence-electron chi connectivity index (χ2n) is 3.13. The van der Waals surface area contributed by atoms with Gasteiger partial charge in [0.1, 0.15) is 0 Å². The lowest BCUT2D eigenvalue weighted by molar-refractivity contribution is -0.385. The lowest BCUT2D eigenvalue weighted by atomic mass is 10.1. The van der Waals surface area contributed by atoms with E-state index >= 15 is 0 Å². The summed E-state index contributed by atoms with van der Waals surface area (Å²) in [5.74, 6) is -0.575. The van der Waals surface area contributed by atoms with Gasteiger partial charge in [-0.15, -0.1) is 0 Å². The third-order valence-corrected chi connectivity index (χ3v) is 1.97. The van der Waals surface area contributed by atoms with Gasteiger partial charge >= 0.3 is 5.69 Å². The van der Waals surface area contributed by atoms with Crippen molar-refractivity contribution in [3.8, 4) is 5.75 Å². The van der Waals surface area contributed by atoms with Crippen molar-refractivity contribution >= 4 is 11.5 Å². The van der Waals surface area contributed by atoms with Crippen LogP contribution in [0.3, 0.4) is 0 Å². The molecule has 5 heteroatoms. The fraction of sp³-hybridized carbons (Fsp3) is 0.300. The van der Waals surface area contributed by atoms with E-state index in [0.29, 0.717) is 12.8 Å². The number of phenols is 1. The van der Waals surface area contributed by atoms with E-state index in [9.17, 15) is 14.9 Å². The quantitative estimate of drug-likeness (QED) is 0.468. The van der Waals surface area contributed by atoms with Crippen LogP contribution in [0.25, 0.3) is 0 Å². The molecule has 80 valence electrons. The maximum absolute atomic E-state index is 11.4. The molecule has 0 aromatic heterocycles. The number of benzene rings is 1. The standard InChI is InChI=1S/C10H11NO4/c1-2-3-9(12)7-4-5-10(13)8(6-7)11(14)15/h4-6,13H,2-3H2,1H3. The van der Waals surface area contributed by atoms with Crippen molar-refractivity contribution in [2.45, 2.75) is 19.8 Å². The monoisotopic (exact) mass is 209 g/mol. The van der Waals surface area contributed by atoms with Crippen LogP contribution in [0, 0.1) is 10.1 Å². The fourth-order valence-electron chi connectivity index (χ4n) is 1.21. The summed E-state index contributed by atoms with van der Waals surface area (Å²) in [5, 5.41) is 19.7. The number of phenolic OH excluding ortho intramolecular Hbond substituents is 1. The predicted octanol–water partition coefficient (Wildman–Crippen LogP) is 2.28. The maximum atomic E-state index is 11.4. The molecule has 0 bridgehead atoms. The number of nitrogens with zero attached hydrogens (tertiary/aromatic N) is 1. The molecule has 0 amide bonds. The molecule has 0 spiro atoms. The molecule has 0 aliphatic rings. The Morgan fingerprint density at radius 1 is 1.53 bits per heavy atom. The zero-order valence-electron chi connectivity index (χ0n) is 8.27. The Labute approximate surface area is 86.5 Å². The number of carbonyl (C=O) groups is 1. The van der Waals surface area contributed by atoms with E-state index in [0.717, 1.165) is 6.07 Å². The highest BCUT2D eigenvalue weighted by atomic mass is 16.6. The van der Waals surface area contributed by atoms with Gasteiger partial charge in [-0.05, 0) is 18.6 Å². The largest absolute Gasteiger partial charge is 0.502 e. The first-order valence-electron chi connectivity index (χ1n) is 4.57. The normalized spacial score (nSPS) is 9.93. The van der Waals surface area contributed by atoms with Crippen molar-refractivity contribution in [3.05, 3.63) is 33.9 Å². The molecule has 0 unspecified atom stereocenters. The number of hydrogen-bond donors (Lipinski definition) is 1. The number of nitro groups is 1. The molecular formula is C10H11NO4. The lowest BCUT2D eigenvalue weighted by Gasteiger charge is -2.00. The molecule has 0 radical (unpaired) electrons. The molecular weight excluding hydrogens is 198 g/mol. The number of aromatic hydroxyl groups is 1. The molecule has 0 aliphatic carbocycles. The van der Waals surface area contributed by atoms with Gasteiger partial charge in [-0.2, -0.15) is 0 Å². The van der Waals surface area contributed by atoms with Crippen LogP contribution in [0.5, 0.6) is 5.75 Å². The summed E-state index contributed by atoms with van der Waals surface area (Å²) >= 11 is 0. The van der Waals surface area contributed by atoms with Crippen molar-refractivity contribution in [1.29, 1.82) is 0 Å². The van der Waals surface area contributed by atoms with Crippen LogP contribution in [-0.2, 0) is 0 Å². The number of Topliss-reactive ketones (excluding diaryl/α,β-unsaturated/α-hetero) is 1. The van der Waals surface area contributed by atoms with Gasteiger partial charge in [0.05, 0.1) is 4.92 Å². The van der Waals surface area contributed by atoms with Crippen molar-refractivity contribution in [1.82, 2.24) is 0 Å². The van der Waals surface area contributed by atoms with E-state index in [-0.39, 0.29) is 11.3 Å². The zero-order valence-corrected chi connectivity index (χ0v) is 8.27. The molecule has 1 rings (SSSR count). The van der Waals surface area contributed by atoms with Gasteiger partial charge in [0.15, 0.2) is 11.5 Å². The van der Waals surface area contributed by atoms with E-state index in [1.54, 1.807) is 0 Å². The van der Waals surface area contributed by atoms with E-state index in [2.05, 4.69) is 0 Å². The van der Waals surface area contributed by atoms with E-state index in [4.69, 9.17) is 5.11 Å². The average Bonchev–Trinajstić information content (AvgIpc) is 2.18. The highest BCUT2D eigenvalue weighted by molar-refractivity contribution is 5.96. The van der Waals surface area contributed by atoms with Gasteiger partial charge in [-0.25, -0.2) is 0 Å². The Balaban J connectivity index is 3.07. The lowest BCUT2D eigenvalue weighted by Crippen LogP contribution is -1.99. The minimum Gasteiger partial charge on any atom is -0.502 e. The second-order valence-corrected chi connectivity index (χ2v) is 3.13. The first-order chi connectivity index (χ1) is 7.06. The summed E-state index contributed by atoms with van der Waals surface area (Å²) in [5.41, 5.74) is -0.168. The first-order valence-corrected chi connectivity index (χ1v) is 4.57. The first kappa shape index (κ1) is 11.2. The molecule has 0 fully saturated rings. The van der Waals surface area contributed by atoms with E-state index in [1.807, 2.05) is 6.92 Å². The minimum absolute atomic E-state index is 0.152. The van der Waals surface area contributed by atoms with Gasteiger partial charge < -0.3 is 5.11 Å². The SMILES string of the molecule is CCCC(=O)c1ccc(O)c([N+](=O)[O-])c1. The summed E-state index contributed by atoms with van der Waals surface area (Å²) in [4.78, 5) is 21.2. The van der Waals surface area contributed by atoms with Gasteiger partial charge in [0.25, 0.3) is 0 Å².